The highest BCUT2D eigenvalue weighted by molar-refractivity contribution is 5.90. The van der Waals surface area contributed by atoms with Gasteiger partial charge >= 0.3 is 0 Å². The normalized spacial score (nSPS) is 10.9. The van der Waals surface area contributed by atoms with E-state index in [0.29, 0.717) is 23.0 Å². The number of carbonyl (C=O) groups excluding carboxylic acids is 1. The maximum Gasteiger partial charge on any atom is 0.259 e. The van der Waals surface area contributed by atoms with Gasteiger partial charge in [-0.3, -0.25) is 9.59 Å². The smallest absolute Gasteiger partial charge is 0.259 e. The zero-order valence-electron chi connectivity index (χ0n) is 14.9. The molecule has 0 bridgehead atoms. The van der Waals surface area contributed by atoms with Crippen LogP contribution in [0.5, 0.6) is 0 Å². The molecular formula is C19H20N4O3. The Labute approximate surface area is 150 Å². The van der Waals surface area contributed by atoms with Gasteiger partial charge in [-0.2, -0.15) is 4.98 Å². The quantitative estimate of drug-likeness (QED) is 0.762. The average Bonchev–Trinajstić information content (AvgIpc) is 3.07. The Balaban J connectivity index is 1.79. The van der Waals surface area contributed by atoms with Crippen LogP contribution in [0.1, 0.15) is 31.2 Å². The number of carbonyl (C=O) groups is 1. The van der Waals surface area contributed by atoms with E-state index in [9.17, 15) is 9.59 Å². The van der Waals surface area contributed by atoms with Crippen LogP contribution in [0.4, 0.5) is 5.69 Å². The van der Waals surface area contributed by atoms with Gasteiger partial charge in [0.15, 0.2) is 5.82 Å². The standard InChI is InChI=1S/C19H20N4O3/c1-12(2)18-21-19(26-22-18)14-7-8-17(25)23(10-14)11-16(24)20-15-6-4-5-13(3)9-15/h4-10,12H,11H2,1-3H3,(H,20,24). The number of anilines is 1. The Morgan fingerprint density at radius 2 is 2.08 bits per heavy atom. The van der Waals surface area contributed by atoms with Crippen molar-refractivity contribution in [3.05, 3.63) is 64.3 Å². The molecule has 2 aromatic heterocycles. The van der Waals surface area contributed by atoms with E-state index in [1.165, 1.54) is 10.6 Å². The summed E-state index contributed by atoms with van der Waals surface area (Å²) in [6, 6.07) is 10.5. The maximum absolute atomic E-state index is 12.3. The lowest BCUT2D eigenvalue weighted by Gasteiger charge is -2.08. The summed E-state index contributed by atoms with van der Waals surface area (Å²) in [7, 11) is 0. The summed E-state index contributed by atoms with van der Waals surface area (Å²) in [6.45, 7) is 5.77. The fourth-order valence-corrected chi connectivity index (χ4v) is 2.45. The van der Waals surface area contributed by atoms with Gasteiger partial charge in [0, 0.05) is 23.9 Å². The summed E-state index contributed by atoms with van der Waals surface area (Å²) in [4.78, 5) is 28.7. The largest absolute Gasteiger partial charge is 0.334 e. The van der Waals surface area contributed by atoms with Gasteiger partial charge in [-0.05, 0) is 30.7 Å². The Bertz CT molecular complexity index is 988. The first-order valence-electron chi connectivity index (χ1n) is 8.33. The SMILES string of the molecule is Cc1cccc(NC(=O)Cn2cc(-c3nc(C(C)C)no3)ccc2=O)c1. The fourth-order valence-electron chi connectivity index (χ4n) is 2.45. The molecule has 1 aromatic carbocycles. The lowest BCUT2D eigenvalue weighted by molar-refractivity contribution is -0.116. The predicted octanol–water partition coefficient (Wildman–Crippen LogP) is 2.97. The van der Waals surface area contributed by atoms with Crippen LogP contribution in [0.15, 0.2) is 51.9 Å². The predicted molar refractivity (Wildman–Crippen MR) is 97.9 cm³/mol. The number of aromatic nitrogens is 3. The van der Waals surface area contributed by atoms with Crippen LogP contribution < -0.4 is 10.9 Å². The van der Waals surface area contributed by atoms with Gasteiger partial charge < -0.3 is 14.4 Å². The highest BCUT2D eigenvalue weighted by Gasteiger charge is 2.13. The van der Waals surface area contributed by atoms with Gasteiger partial charge in [-0.15, -0.1) is 0 Å². The van der Waals surface area contributed by atoms with E-state index in [4.69, 9.17) is 4.52 Å². The first-order valence-corrected chi connectivity index (χ1v) is 8.33. The number of hydrogen-bond donors (Lipinski definition) is 1. The van der Waals surface area contributed by atoms with Gasteiger partial charge in [0.1, 0.15) is 6.54 Å². The molecule has 3 aromatic rings. The first-order chi connectivity index (χ1) is 12.4. The molecule has 134 valence electrons. The average molecular weight is 352 g/mol. The van der Waals surface area contributed by atoms with Crippen molar-refractivity contribution in [2.24, 2.45) is 0 Å². The van der Waals surface area contributed by atoms with Crippen molar-refractivity contribution in [2.75, 3.05) is 5.32 Å². The van der Waals surface area contributed by atoms with Crippen molar-refractivity contribution >= 4 is 11.6 Å². The second-order valence-corrected chi connectivity index (χ2v) is 6.41. The molecule has 7 nitrogen and oxygen atoms in total. The Morgan fingerprint density at radius 1 is 1.27 bits per heavy atom. The third-order valence-corrected chi connectivity index (χ3v) is 3.80. The maximum atomic E-state index is 12.3. The number of benzene rings is 1. The van der Waals surface area contributed by atoms with E-state index in [1.54, 1.807) is 18.3 Å². The number of rotatable bonds is 5. The van der Waals surface area contributed by atoms with Crippen molar-refractivity contribution in [1.29, 1.82) is 0 Å². The molecule has 1 N–H and O–H groups in total. The van der Waals surface area contributed by atoms with Crippen LogP contribution in [-0.2, 0) is 11.3 Å². The number of nitrogens with one attached hydrogen (secondary N) is 1. The molecule has 0 radical (unpaired) electrons. The fraction of sp³-hybridized carbons (Fsp3) is 0.263. The van der Waals surface area contributed by atoms with E-state index in [0.717, 1.165) is 5.56 Å². The Kier molecular flexibility index (Phi) is 4.97. The third kappa shape index (κ3) is 4.05. The number of hydrogen-bond acceptors (Lipinski definition) is 5. The second-order valence-electron chi connectivity index (χ2n) is 6.41. The summed E-state index contributed by atoms with van der Waals surface area (Å²) in [5, 5.41) is 6.70. The number of nitrogens with zero attached hydrogens (tertiary/aromatic N) is 3. The molecular weight excluding hydrogens is 332 g/mol. The minimum absolute atomic E-state index is 0.105. The number of amides is 1. The van der Waals surface area contributed by atoms with E-state index in [1.807, 2.05) is 39.0 Å². The first kappa shape index (κ1) is 17.6. The van der Waals surface area contributed by atoms with Gasteiger partial charge in [0.2, 0.25) is 5.91 Å². The molecule has 2 heterocycles. The van der Waals surface area contributed by atoms with Crippen molar-refractivity contribution in [2.45, 2.75) is 33.2 Å². The van der Waals surface area contributed by atoms with E-state index in [2.05, 4.69) is 15.5 Å². The minimum atomic E-state index is -0.289. The number of aryl methyl sites for hydroxylation is 1. The summed E-state index contributed by atoms with van der Waals surface area (Å²) in [5.41, 5.74) is 2.04. The van der Waals surface area contributed by atoms with E-state index in [-0.39, 0.29) is 23.9 Å². The van der Waals surface area contributed by atoms with Gasteiger partial charge in [0.05, 0.1) is 5.56 Å². The van der Waals surface area contributed by atoms with Crippen LogP contribution in [0, 0.1) is 6.92 Å². The number of pyridine rings is 1. The van der Waals surface area contributed by atoms with Gasteiger partial charge in [-0.25, -0.2) is 0 Å². The molecule has 0 aliphatic rings. The molecule has 0 aliphatic heterocycles. The molecule has 7 heteroatoms. The van der Waals surface area contributed by atoms with Gasteiger partial charge in [0.25, 0.3) is 11.4 Å². The third-order valence-electron chi connectivity index (χ3n) is 3.80. The lowest BCUT2D eigenvalue weighted by Crippen LogP contribution is -2.26. The second kappa shape index (κ2) is 7.35. The van der Waals surface area contributed by atoms with E-state index < -0.39 is 0 Å². The zero-order chi connectivity index (χ0) is 18.7. The summed E-state index contributed by atoms with van der Waals surface area (Å²) < 4.78 is 6.56. The molecule has 0 atom stereocenters. The highest BCUT2D eigenvalue weighted by Crippen LogP contribution is 2.18. The van der Waals surface area contributed by atoms with Crippen LogP contribution in [-0.4, -0.2) is 20.6 Å². The molecule has 0 spiro atoms. The molecule has 0 fully saturated rings. The van der Waals surface area contributed by atoms with Gasteiger partial charge in [-0.1, -0.05) is 31.1 Å². The Hall–Kier alpha value is -3.22. The monoisotopic (exact) mass is 352 g/mol. The van der Waals surface area contributed by atoms with Crippen molar-refractivity contribution < 1.29 is 9.32 Å². The van der Waals surface area contributed by atoms with Crippen molar-refractivity contribution in [3.63, 3.8) is 0 Å². The lowest BCUT2D eigenvalue weighted by atomic mass is 10.2. The van der Waals surface area contributed by atoms with Crippen LogP contribution in [0.2, 0.25) is 0 Å². The van der Waals surface area contributed by atoms with E-state index >= 15 is 0 Å². The van der Waals surface area contributed by atoms with Crippen LogP contribution in [0.3, 0.4) is 0 Å². The Morgan fingerprint density at radius 3 is 2.77 bits per heavy atom. The topological polar surface area (TPSA) is 90.0 Å². The molecule has 26 heavy (non-hydrogen) atoms. The van der Waals surface area contributed by atoms with Crippen LogP contribution in [0.25, 0.3) is 11.5 Å². The van der Waals surface area contributed by atoms with Crippen molar-refractivity contribution in [3.8, 4) is 11.5 Å². The highest BCUT2D eigenvalue weighted by atomic mass is 16.5. The molecule has 0 aliphatic carbocycles. The molecule has 1 amide bonds. The van der Waals surface area contributed by atoms with Crippen molar-refractivity contribution in [1.82, 2.24) is 14.7 Å². The molecule has 0 unspecified atom stereocenters. The van der Waals surface area contributed by atoms with Crippen LogP contribution >= 0.6 is 0 Å². The summed E-state index contributed by atoms with van der Waals surface area (Å²) in [6.07, 6.45) is 1.55. The summed E-state index contributed by atoms with van der Waals surface area (Å²) in [5.74, 6) is 0.762. The summed E-state index contributed by atoms with van der Waals surface area (Å²) >= 11 is 0. The zero-order valence-corrected chi connectivity index (χ0v) is 14.9. The molecule has 0 saturated heterocycles. The molecule has 3 rings (SSSR count). The molecule has 0 saturated carbocycles. The minimum Gasteiger partial charge on any atom is -0.334 e.